The molecule has 0 bridgehead atoms. The molecule has 1 aromatic heterocycles. The minimum atomic E-state index is -1.02. The smallest absolute Gasteiger partial charge is 0.335 e. The fraction of sp³-hybridized carbons (Fsp3) is 0.0526. The van der Waals surface area contributed by atoms with Crippen molar-refractivity contribution in [3.63, 3.8) is 0 Å². The minimum Gasteiger partial charge on any atom is -0.478 e. The highest BCUT2D eigenvalue weighted by atomic mass is 16.4. The van der Waals surface area contributed by atoms with Crippen LogP contribution in [0, 0.1) is 6.92 Å². The number of carboxylic acid groups (broad SMARTS) is 1. The molecule has 0 fully saturated rings. The Bertz CT molecular complexity index is 940. The highest BCUT2D eigenvalue weighted by Gasteiger charge is 2.15. The van der Waals surface area contributed by atoms with E-state index in [-0.39, 0.29) is 17.2 Å². The van der Waals surface area contributed by atoms with Gasteiger partial charge in [0.05, 0.1) is 23.1 Å². The van der Waals surface area contributed by atoms with Gasteiger partial charge in [0.1, 0.15) is 5.69 Å². The van der Waals surface area contributed by atoms with E-state index in [0.29, 0.717) is 22.6 Å². The summed E-state index contributed by atoms with van der Waals surface area (Å²) in [5.41, 5.74) is 2.52. The largest absolute Gasteiger partial charge is 0.478 e. The first-order valence-electron chi connectivity index (χ1n) is 7.58. The molecule has 0 saturated heterocycles. The number of hydrogen-bond acceptors (Lipinski definition) is 4. The van der Waals surface area contributed by atoms with Crippen molar-refractivity contribution in [2.45, 2.75) is 6.92 Å². The van der Waals surface area contributed by atoms with Crippen molar-refractivity contribution in [2.75, 3.05) is 5.32 Å². The Morgan fingerprint density at radius 3 is 2.52 bits per heavy atom. The second-order valence-electron chi connectivity index (χ2n) is 5.40. The van der Waals surface area contributed by atoms with Gasteiger partial charge in [-0.3, -0.25) is 9.78 Å². The summed E-state index contributed by atoms with van der Waals surface area (Å²) in [7, 11) is 0. The molecule has 1 heterocycles. The van der Waals surface area contributed by atoms with Crippen LogP contribution in [0.1, 0.15) is 26.5 Å². The second kappa shape index (κ2) is 6.92. The maximum absolute atomic E-state index is 12.5. The lowest BCUT2D eigenvalue weighted by Crippen LogP contribution is -2.16. The molecule has 0 aliphatic rings. The van der Waals surface area contributed by atoms with Gasteiger partial charge >= 0.3 is 5.97 Å². The second-order valence-corrected chi connectivity index (χ2v) is 5.40. The number of nitrogens with zero attached hydrogens (tertiary/aromatic N) is 2. The molecular weight excluding hydrogens is 318 g/mol. The van der Waals surface area contributed by atoms with Crippen LogP contribution in [0.3, 0.4) is 0 Å². The van der Waals surface area contributed by atoms with Crippen LogP contribution < -0.4 is 5.32 Å². The lowest BCUT2D eigenvalue weighted by molar-refractivity contribution is 0.0696. The molecule has 0 unspecified atom stereocenters. The first-order chi connectivity index (χ1) is 12.0. The van der Waals surface area contributed by atoms with Gasteiger partial charge < -0.3 is 10.4 Å². The van der Waals surface area contributed by atoms with Crippen LogP contribution in [-0.2, 0) is 0 Å². The van der Waals surface area contributed by atoms with Gasteiger partial charge in [-0.25, -0.2) is 9.78 Å². The number of carboxylic acids is 1. The van der Waals surface area contributed by atoms with Crippen molar-refractivity contribution in [2.24, 2.45) is 0 Å². The molecule has 124 valence electrons. The highest BCUT2D eigenvalue weighted by molar-refractivity contribution is 6.03. The zero-order chi connectivity index (χ0) is 17.8. The summed E-state index contributed by atoms with van der Waals surface area (Å²) in [6.07, 6.45) is 1.52. The number of para-hydroxylation sites is 1. The number of aromatic nitrogens is 2. The average molecular weight is 333 g/mol. The van der Waals surface area contributed by atoms with Crippen molar-refractivity contribution in [3.8, 4) is 11.3 Å². The fourth-order valence-electron chi connectivity index (χ4n) is 2.33. The van der Waals surface area contributed by atoms with Gasteiger partial charge in [-0.05, 0) is 31.2 Å². The third kappa shape index (κ3) is 3.69. The first kappa shape index (κ1) is 16.3. The maximum atomic E-state index is 12.5. The Labute approximate surface area is 144 Å². The van der Waals surface area contributed by atoms with Crippen LogP contribution in [0.25, 0.3) is 11.3 Å². The Hall–Kier alpha value is -3.54. The van der Waals surface area contributed by atoms with E-state index in [4.69, 9.17) is 5.11 Å². The molecule has 6 heteroatoms. The third-order valence-corrected chi connectivity index (χ3v) is 3.61. The van der Waals surface area contributed by atoms with E-state index in [2.05, 4.69) is 15.3 Å². The van der Waals surface area contributed by atoms with Crippen molar-refractivity contribution in [1.29, 1.82) is 0 Å². The van der Waals surface area contributed by atoms with Gasteiger partial charge in [0.2, 0.25) is 0 Å². The molecule has 25 heavy (non-hydrogen) atoms. The van der Waals surface area contributed by atoms with Gasteiger partial charge in [-0.15, -0.1) is 0 Å². The van der Waals surface area contributed by atoms with Crippen LogP contribution in [0.15, 0.2) is 60.8 Å². The van der Waals surface area contributed by atoms with E-state index in [1.807, 2.05) is 18.2 Å². The van der Waals surface area contributed by atoms with Crippen LogP contribution >= 0.6 is 0 Å². The predicted octanol–water partition coefficient (Wildman–Crippen LogP) is 3.40. The molecule has 6 nitrogen and oxygen atoms in total. The molecule has 0 spiro atoms. The van der Waals surface area contributed by atoms with E-state index >= 15 is 0 Å². The third-order valence-electron chi connectivity index (χ3n) is 3.61. The summed E-state index contributed by atoms with van der Waals surface area (Å²) in [6.45, 7) is 1.70. The molecule has 0 atom stereocenters. The lowest BCUT2D eigenvalue weighted by atomic mass is 10.1. The monoisotopic (exact) mass is 333 g/mol. The normalized spacial score (nSPS) is 10.3. The number of nitrogens with one attached hydrogen (secondary N) is 1. The Morgan fingerprint density at radius 1 is 1.04 bits per heavy atom. The molecular formula is C19H15N3O3. The molecule has 0 saturated carbocycles. The summed E-state index contributed by atoms with van der Waals surface area (Å²) < 4.78 is 0. The van der Waals surface area contributed by atoms with Gasteiger partial charge in [0.15, 0.2) is 0 Å². The van der Waals surface area contributed by atoms with Crippen LogP contribution in [-0.4, -0.2) is 27.0 Å². The van der Waals surface area contributed by atoms with Gasteiger partial charge in [-0.1, -0.05) is 30.3 Å². The molecule has 0 aliphatic carbocycles. The van der Waals surface area contributed by atoms with Crippen molar-refractivity contribution in [3.05, 3.63) is 77.7 Å². The highest BCUT2D eigenvalue weighted by Crippen LogP contribution is 2.19. The predicted molar refractivity (Wildman–Crippen MR) is 93.6 cm³/mol. The number of hydrogen-bond donors (Lipinski definition) is 2. The number of aryl methyl sites for hydroxylation is 1. The van der Waals surface area contributed by atoms with Crippen LogP contribution in [0.2, 0.25) is 0 Å². The van der Waals surface area contributed by atoms with E-state index in [9.17, 15) is 9.59 Å². The molecule has 3 rings (SSSR count). The first-order valence-corrected chi connectivity index (χ1v) is 7.58. The van der Waals surface area contributed by atoms with Gasteiger partial charge in [-0.2, -0.15) is 0 Å². The Kier molecular flexibility index (Phi) is 4.52. The zero-order valence-corrected chi connectivity index (χ0v) is 13.4. The standard InChI is InChI=1S/C19H15N3O3/c1-12-17(18(23)21-15-8-3-2-4-9-15)22-16(11-20-12)13-6-5-7-14(10-13)19(24)25/h2-11H,1H3,(H,21,23)(H,24,25). The minimum absolute atomic E-state index is 0.148. The summed E-state index contributed by atoms with van der Waals surface area (Å²) in [5.74, 6) is -1.39. The summed E-state index contributed by atoms with van der Waals surface area (Å²) in [5, 5.41) is 11.9. The molecule has 2 aromatic carbocycles. The quantitative estimate of drug-likeness (QED) is 0.763. The number of carbonyl (C=O) groups is 2. The topological polar surface area (TPSA) is 92.2 Å². The van der Waals surface area contributed by atoms with Crippen molar-refractivity contribution >= 4 is 17.6 Å². The fourth-order valence-corrected chi connectivity index (χ4v) is 2.33. The SMILES string of the molecule is Cc1ncc(-c2cccc(C(=O)O)c2)nc1C(=O)Nc1ccccc1. The number of carbonyl (C=O) groups excluding carboxylic acids is 1. The average Bonchev–Trinajstić information content (AvgIpc) is 2.63. The Balaban J connectivity index is 1.94. The van der Waals surface area contributed by atoms with Crippen LogP contribution in [0.4, 0.5) is 5.69 Å². The number of aromatic carboxylic acids is 1. The zero-order valence-electron chi connectivity index (χ0n) is 13.4. The van der Waals surface area contributed by atoms with Gasteiger partial charge in [0, 0.05) is 11.3 Å². The van der Waals surface area contributed by atoms with E-state index in [1.165, 1.54) is 18.3 Å². The van der Waals surface area contributed by atoms with Crippen molar-refractivity contribution < 1.29 is 14.7 Å². The lowest BCUT2D eigenvalue weighted by Gasteiger charge is -2.09. The molecule has 0 aliphatic heterocycles. The summed E-state index contributed by atoms with van der Waals surface area (Å²) in [6, 6.07) is 15.4. The van der Waals surface area contributed by atoms with E-state index in [0.717, 1.165) is 0 Å². The number of amides is 1. The molecule has 2 N–H and O–H groups in total. The molecule has 1 amide bonds. The van der Waals surface area contributed by atoms with E-state index in [1.54, 1.807) is 31.2 Å². The molecule has 0 radical (unpaired) electrons. The Morgan fingerprint density at radius 2 is 1.80 bits per heavy atom. The number of benzene rings is 2. The van der Waals surface area contributed by atoms with Gasteiger partial charge in [0.25, 0.3) is 5.91 Å². The summed E-state index contributed by atoms with van der Waals surface area (Å²) >= 11 is 0. The molecule has 3 aromatic rings. The van der Waals surface area contributed by atoms with E-state index < -0.39 is 5.97 Å². The van der Waals surface area contributed by atoms with Crippen LogP contribution in [0.5, 0.6) is 0 Å². The summed E-state index contributed by atoms with van der Waals surface area (Å²) in [4.78, 5) is 32.2. The number of rotatable bonds is 4. The van der Waals surface area contributed by atoms with Crippen molar-refractivity contribution in [1.82, 2.24) is 9.97 Å². The maximum Gasteiger partial charge on any atom is 0.335 e. The number of anilines is 1.